The maximum Gasteiger partial charge on any atom is 0.293 e. The second kappa shape index (κ2) is 6.35. The third kappa shape index (κ3) is 3.33. The summed E-state index contributed by atoms with van der Waals surface area (Å²) in [6.45, 7) is 0.0212. The van der Waals surface area contributed by atoms with Crippen molar-refractivity contribution < 1.29 is 14.5 Å². The molecule has 0 spiro atoms. The first kappa shape index (κ1) is 15.4. The molecule has 3 rings (SSSR count). The number of carbonyl (C=O) groups is 2. The van der Waals surface area contributed by atoms with Crippen LogP contribution in [0.2, 0.25) is 0 Å². The average molecular weight is 346 g/mol. The fraction of sp³-hybridized carbons (Fsp3) is 0.0667. The second-order valence-corrected chi connectivity index (χ2v) is 6.52. The van der Waals surface area contributed by atoms with Gasteiger partial charge in [0.1, 0.15) is 0 Å². The van der Waals surface area contributed by atoms with Crippen molar-refractivity contribution in [2.24, 2.45) is 0 Å². The third-order valence-electron chi connectivity index (χ3n) is 3.18. The van der Waals surface area contributed by atoms with E-state index in [1.807, 2.05) is 16.8 Å². The monoisotopic (exact) mass is 346 g/mol. The van der Waals surface area contributed by atoms with Crippen molar-refractivity contribution in [3.63, 3.8) is 0 Å². The molecule has 0 atom stereocenters. The maximum atomic E-state index is 12.4. The first-order valence-electron chi connectivity index (χ1n) is 6.55. The molecule has 1 aromatic heterocycles. The van der Waals surface area contributed by atoms with Crippen LogP contribution < -0.4 is 0 Å². The van der Waals surface area contributed by atoms with E-state index in [-0.39, 0.29) is 23.4 Å². The molecular weight excluding hydrogens is 336 g/mol. The summed E-state index contributed by atoms with van der Waals surface area (Å²) in [4.78, 5) is 36.1. The number of hydrogen-bond acceptors (Lipinski definition) is 6. The molecule has 1 aromatic carbocycles. The lowest BCUT2D eigenvalue weighted by Crippen LogP contribution is -2.27. The highest BCUT2D eigenvalue weighted by atomic mass is 32.2. The van der Waals surface area contributed by atoms with Crippen LogP contribution in [0.5, 0.6) is 0 Å². The van der Waals surface area contributed by atoms with E-state index in [0.717, 1.165) is 22.2 Å². The Morgan fingerprint density at radius 1 is 1.26 bits per heavy atom. The Bertz CT molecular complexity index is 815. The molecule has 0 radical (unpaired) electrons. The molecule has 2 aromatic rings. The van der Waals surface area contributed by atoms with Gasteiger partial charge in [0, 0.05) is 12.1 Å². The molecule has 1 saturated heterocycles. The first-order chi connectivity index (χ1) is 11.0. The second-order valence-electron chi connectivity index (χ2n) is 4.75. The van der Waals surface area contributed by atoms with E-state index in [4.69, 9.17) is 0 Å². The predicted octanol–water partition coefficient (Wildman–Crippen LogP) is 3.89. The minimum absolute atomic E-state index is 0.0212. The summed E-state index contributed by atoms with van der Waals surface area (Å²) >= 11 is 2.38. The fourth-order valence-electron chi connectivity index (χ4n) is 2.10. The van der Waals surface area contributed by atoms with E-state index in [2.05, 4.69) is 0 Å². The number of imide groups is 1. The molecule has 0 aliphatic carbocycles. The molecule has 1 aliphatic rings. The van der Waals surface area contributed by atoms with Gasteiger partial charge >= 0.3 is 0 Å². The standard InChI is InChI=1S/C15H10N2O4S2/c18-14-13(7-11-4-5-22-9-11)23-15(19)16(14)8-10-2-1-3-12(6-10)17(20)21/h1-7,9H,8H2/b13-7+. The molecule has 0 saturated carbocycles. The van der Waals surface area contributed by atoms with Crippen molar-refractivity contribution >= 4 is 46.0 Å². The number of thioether (sulfide) groups is 1. The van der Waals surface area contributed by atoms with Gasteiger partial charge in [0.05, 0.1) is 16.4 Å². The number of nitro groups is 1. The zero-order valence-corrected chi connectivity index (χ0v) is 13.3. The zero-order chi connectivity index (χ0) is 16.4. The molecule has 0 N–H and O–H groups in total. The number of nitro benzene ring substituents is 1. The minimum Gasteiger partial charge on any atom is -0.268 e. The molecule has 1 fully saturated rings. The Labute approximate surface area is 139 Å². The molecular formula is C15H10N2O4S2. The van der Waals surface area contributed by atoms with Gasteiger partial charge in [-0.05, 0) is 45.8 Å². The van der Waals surface area contributed by atoms with Gasteiger partial charge in [-0.15, -0.1) is 0 Å². The Morgan fingerprint density at radius 2 is 2.09 bits per heavy atom. The van der Waals surface area contributed by atoms with E-state index in [9.17, 15) is 19.7 Å². The van der Waals surface area contributed by atoms with E-state index < -0.39 is 4.92 Å². The Balaban J connectivity index is 1.81. The molecule has 2 heterocycles. The molecule has 116 valence electrons. The number of benzene rings is 1. The SMILES string of the molecule is O=C1S/C(=C/c2ccsc2)C(=O)N1Cc1cccc([N+](=O)[O-])c1. The largest absolute Gasteiger partial charge is 0.293 e. The summed E-state index contributed by atoms with van der Waals surface area (Å²) in [5.41, 5.74) is 1.34. The molecule has 23 heavy (non-hydrogen) atoms. The van der Waals surface area contributed by atoms with Gasteiger partial charge in [0.25, 0.3) is 16.8 Å². The highest BCUT2D eigenvalue weighted by molar-refractivity contribution is 8.18. The van der Waals surface area contributed by atoms with E-state index in [0.29, 0.717) is 10.5 Å². The van der Waals surface area contributed by atoms with Gasteiger partial charge < -0.3 is 0 Å². The average Bonchev–Trinajstić information content (AvgIpc) is 3.12. The maximum absolute atomic E-state index is 12.4. The summed E-state index contributed by atoms with van der Waals surface area (Å²) in [5.74, 6) is -0.377. The minimum atomic E-state index is -0.506. The van der Waals surface area contributed by atoms with Crippen molar-refractivity contribution in [2.75, 3.05) is 0 Å². The predicted molar refractivity (Wildman–Crippen MR) is 88.9 cm³/mol. The van der Waals surface area contributed by atoms with Gasteiger partial charge in [-0.1, -0.05) is 12.1 Å². The van der Waals surface area contributed by atoms with Gasteiger partial charge in [-0.25, -0.2) is 0 Å². The number of hydrogen-bond donors (Lipinski definition) is 0. The quantitative estimate of drug-likeness (QED) is 0.476. The lowest BCUT2D eigenvalue weighted by atomic mass is 10.2. The van der Waals surface area contributed by atoms with Crippen LogP contribution in [0.4, 0.5) is 10.5 Å². The summed E-state index contributed by atoms with van der Waals surface area (Å²) < 4.78 is 0. The number of amides is 2. The number of thiophene rings is 1. The van der Waals surface area contributed by atoms with Crippen LogP contribution in [-0.4, -0.2) is 21.0 Å². The summed E-state index contributed by atoms with van der Waals surface area (Å²) in [7, 11) is 0. The van der Waals surface area contributed by atoms with Gasteiger partial charge in [-0.3, -0.25) is 24.6 Å². The van der Waals surface area contributed by atoms with Crippen LogP contribution in [0.25, 0.3) is 6.08 Å². The number of non-ortho nitro benzene ring substituents is 1. The number of rotatable bonds is 4. The molecule has 8 heteroatoms. The third-order valence-corrected chi connectivity index (χ3v) is 4.79. The Hall–Kier alpha value is -2.45. The Kier molecular flexibility index (Phi) is 4.26. The highest BCUT2D eigenvalue weighted by Crippen LogP contribution is 2.33. The summed E-state index contributed by atoms with van der Waals surface area (Å²) in [5, 5.41) is 14.2. The van der Waals surface area contributed by atoms with Crippen LogP contribution in [0, 0.1) is 10.1 Å². The Morgan fingerprint density at radius 3 is 2.78 bits per heavy atom. The van der Waals surface area contributed by atoms with Crippen LogP contribution in [0.15, 0.2) is 46.0 Å². The van der Waals surface area contributed by atoms with Gasteiger partial charge in [0.2, 0.25) is 0 Å². The van der Waals surface area contributed by atoms with Crippen molar-refractivity contribution in [3.8, 4) is 0 Å². The van der Waals surface area contributed by atoms with Crippen LogP contribution >= 0.6 is 23.1 Å². The van der Waals surface area contributed by atoms with Crippen LogP contribution in [0.1, 0.15) is 11.1 Å². The van der Waals surface area contributed by atoms with E-state index >= 15 is 0 Å². The molecule has 2 amide bonds. The topological polar surface area (TPSA) is 80.5 Å². The smallest absolute Gasteiger partial charge is 0.268 e. The van der Waals surface area contributed by atoms with Crippen molar-refractivity contribution in [2.45, 2.75) is 6.54 Å². The lowest BCUT2D eigenvalue weighted by Gasteiger charge is -2.12. The normalized spacial score (nSPS) is 16.3. The highest BCUT2D eigenvalue weighted by Gasteiger charge is 2.35. The fourth-order valence-corrected chi connectivity index (χ4v) is 3.55. The van der Waals surface area contributed by atoms with Crippen LogP contribution in [0.3, 0.4) is 0 Å². The van der Waals surface area contributed by atoms with Gasteiger partial charge in [0.15, 0.2) is 0 Å². The molecule has 0 bridgehead atoms. The number of carbonyl (C=O) groups excluding carboxylic acids is 2. The summed E-state index contributed by atoms with van der Waals surface area (Å²) in [6, 6.07) is 7.78. The zero-order valence-electron chi connectivity index (χ0n) is 11.7. The van der Waals surface area contributed by atoms with Crippen LogP contribution in [-0.2, 0) is 11.3 Å². The van der Waals surface area contributed by atoms with Gasteiger partial charge in [-0.2, -0.15) is 11.3 Å². The van der Waals surface area contributed by atoms with E-state index in [1.165, 1.54) is 29.5 Å². The van der Waals surface area contributed by atoms with Crippen molar-refractivity contribution in [3.05, 3.63) is 67.2 Å². The summed E-state index contributed by atoms with van der Waals surface area (Å²) in [6.07, 6.45) is 1.68. The molecule has 1 aliphatic heterocycles. The molecule has 6 nitrogen and oxygen atoms in total. The van der Waals surface area contributed by atoms with E-state index in [1.54, 1.807) is 12.1 Å². The first-order valence-corrected chi connectivity index (χ1v) is 8.31. The van der Waals surface area contributed by atoms with Crippen molar-refractivity contribution in [1.29, 1.82) is 0 Å². The lowest BCUT2D eigenvalue weighted by molar-refractivity contribution is -0.384. The molecule has 0 unspecified atom stereocenters. The number of nitrogens with zero attached hydrogens (tertiary/aromatic N) is 2. The van der Waals surface area contributed by atoms with Crippen molar-refractivity contribution in [1.82, 2.24) is 4.90 Å².